The van der Waals surface area contributed by atoms with Crippen molar-refractivity contribution < 1.29 is 28.6 Å². The molecule has 9 heteroatoms. The zero-order chi connectivity index (χ0) is 21.0. The normalized spacial score (nSPS) is 11.7. The SMILES string of the molecule is COc1ccc(NC(=O)NC(Cc2c[nH]c3cc(F)ccc23)C(=O)O)cc1OC. The van der Waals surface area contributed by atoms with E-state index in [4.69, 9.17) is 9.47 Å². The molecule has 3 rings (SSSR count). The second-order valence-electron chi connectivity index (χ2n) is 6.27. The van der Waals surface area contributed by atoms with Crippen molar-refractivity contribution in [2.75, 3.05) is 19.5 Å². The number of carbonyl (C=O) groups is 2. The number of hydrogen-bond donors (Lipinski definition) is 4. The van der Waals surface area contributed by atoms with E-state index in [1.165, 1.54) is 26.4 Å². The molecule has 0 fully saturated rings. The van der Waals surface area contributed by atoms with Crippen LogP contribution in [0.1, 0.15) is 5.56 Å². The van der Waals surface area contributed by atoms with E-state index in [9.17, 15) is 19.1 Å². The topological polar surface area (TPSA) is 113 Å². The predicted molar refractivity (Wildman–Crippen MR) is 105 cm³/mol. The third-order valence-corrected chi connectivity index (χ3v) is 4.40. The quantitative estimate of drug-likeness (QED) is 0.486. The minimum Gasteiger partial charge on any atom is -0.493 e. The molecule has 0 saturated heterocycles. The molecule has 152 valence electrons. The second-order valence-corrected chi connectivity index (χ2v) is 6.27. The Morgan fingerprint density at radius 2 is 1.90 bits per heavy atom. The van der Waals surface area contributed by atoms with Crippen LogP contribution >= 0.6 is 0 Å². The van der Waals surface area contributed by atoms with Crippen LogP contribution in [0.3, 0.4) is 0 Å². The molecular weight excluding hydrogens is 381 g/mol. The first kappa shape index (κ1) is 20.0. The molecule has 1 aromatic heterocycles. The van der Waals surface area contributed by atoms with Gasteiger partial charge in [-0.1, -0.05) is 0 Å². The molecule has 29 heavy (non-hydrogen) atoms. The fourth-order valence-electron chi connectivity index (χ4n) is 2.99. The zero-order valence-electron chi connectivity index (χ0n) is 15.8. The molecule has 1 atom stereocenters. The maximum absolute atomic E-state index is 13.3. The lowest BCUT2D eigenvalue weighted by Crippen LogP contribution is -2.44. The number of hydrogen-bond acceptors (Lipinski definition) is 4. The Hall–Kier alpha value is -3.75. The Morgan fingerprint density at radius 1 is 1.14 bits per heavy atom. The Kier molecular flexibility index (Phi) is 5.87. The van der Waals surface area contributed by atoms with Crippen molar-refractivity contribution in [3.05, 3.63) is 54.0 Å². The summed E-state index contributed by atoms with van der Waals surface area (Å²) in [5.74, 6) is -0.666. The highest BCUT2D eigenvalue weighted by atomic mass is 19.1. The van der Waals surface area contributed by atoms with Gasteiger partial charge in [0.05, 0.1) is 14.2 Å². The van der Waals surface area contributed by atoms with Crippen molar-refractivity contribution in [2.45, 2.75) is 12.5 Å². The van der Waals surface area contributed by atoms with Gasteiger partial charge in [-0.2, -0.15) is 0 Å². The smallest absolute Gasteiger partial charge is 0.326 e. The Morgan fingerprint density at radius 3 is 2.59 bits per heavy atom. The van der Waals surface area contributed by atoms with E-state index in [-0.39, 0.29) is 6.42 Å². The molecule has 0 saturated carbocycles. The number of anilines is 1. The monoisotopic (exact) mass is 401 g/mol. The van der Waals surface area contributed by atoms with Gasteiger partial charge < -0.3 is 30.2 Å². The number of urea groups is 1. The van der Waals surface area contributed by atoms with Crippen molar-refractivity contribution in [1.29, 1.82) is 0 Å². The number of nitrogens with one attached hydrogen (secondary N) is 3. The van der Waals surface area contributed by atoms with Crippen molar-refractivity contribution >= 4 is 28.6 Å². The molecule has 4 N–H and O–H groups in total. The van der Waals surface area contributed by atoms with Gasteiger partial charge in [0.2, 0.25) is 0 Å². The van der Waals surface area contributed by atoms with Crippen LogP contribution in [0.5, 0.6) is 11.5 Å². The Labute approximate surface area is 165 Å². The Balaban J connectivity index is 1.71. The number of aromatic nitrogens is 1. The van der Waals surface area contributed by atoms with Gasteiger partial charge in [-0.25, -0.2) is 14.0 Å². The predicted octanol–water partition coefficient (Wildman–Crippen LogP) is 3.14. The van der Waals surface area contributed by atoms with Gasteiger partial charge in [-0.3, -0.25) is 0 Å². The number of benzene rings is 2. The number of carboxylic acids is 1. The van der Waals surface area contributed by atoms with Crippen molar-refractivity contribution in [1.82, 2.24) is 10.3 Å². The molecular formula is C20H20FN3O5. The summed E-state index contributed by atoms with van der Waals surface area (Å²) in [6, 6.07) is 7.11. The molecule has 1 unspecified atom stereocenters. The molecule has 0 aliphatic heterocycles. The van der Waals surface area contributed by atoms with Crippen molar-refractivity contribution in [2.24, 2.45) is 0 Å². The maximum atomic E-state index is 13.3. The molecule has 1 heterocycles. The largest absolute Gasteiger partial charge is 0.493 e. The number of carbonyl (C=O) groups excluding carboxylic acids is 1. The molecule has 3 aromatic rings. The molecule has 0 bridgehead atoms. The van der Waals surface area contributed by atoms with Gasteiger partial charge in [0.1, 0.15) is 11.9 Å². The third-order valence-electron chi connectivity index (χ3n) is 4.40. The van der Waals surface area contributed by atoms with Gasteiger partial charge in [-0.15, -0.1) is 0 Å². The summed E-state index contributed by atoms with van der Waals surface area (Å²) in [4.78, 5) is 26.8. The number of ether oxygens (including phenoxy) is 2. The standard InChI is InChI=1S/C20H20FN3O5/c1-28-17-6-4-13(9-18(17)29-2)23-20(27)24-16(19(25)26)7-11-10-22-15-8-12(21)3-5-14(11)15/h3-6,8-10,16,22H,7H2,1-2H3,(H,25,26)(H2,23,24,27). The lowest BCUT2D eigenvalue weighted by molar-refractivity contribution is -0.139. The average molecular weight is 401 g/mol. The maximum Gasteiger partial charge on any atom is 0.326 e. The van der Waals surface area contributed by atoms with Gasteiger partial charge in [0.15, 0.2) is 11.5 Å². The number of rotatable bonds is 7. The summed E-state index contributed by atoms with van der Waals surface area (Å²) in [6.07, 6.45) is 1.63. The fourth-order valence-corrected chi connectivity index (χ4v) is 2.99. The van der Waals surface area contributed by atoms with Crippen molar-refractivity contribution in [3.8, 4) is 11.5 Å². The van der Waals surface area contributed by atoms with E-state index in [1.807, 2.05) is 0 Å². The van der Waals surface area contributed by atoms with Crippen LogP contribution in [0.25, 0.3) is 10.9 Å². The first-order valence-corrected chi connectivity index (χ1v) is 8.69. The summed E-state index contributed by atoms with van der Waals surface area (Å²) in [5, 5.41) is 15.2. The number of fused-ring (bicyclic) bond motifs is 1. The zero-order valence-corrected chi connectivity index (χ0v) is 15.8. The fraction of sp³-hybridized carbons (Fsp3) is 0.200. The number of amides is 2. The third kappa shape index (κ3) is 4.57. The molecule has 8 nitrogen and oxygen atoms in total. The molecule has 0 spiro atoms. The van der Waals surface area contributed by atoms with Gasteiger partial charge in [0, 0.05) is 35.3 Å². The van der Waals surface area contributed by atoms with Crippen LogP contribution in [-0.2, 0) is 11.2 Å². The highest BCUT2D eigenvalue weighted by molar-refractivity contribution is 5.93. The van der Waals surface area contributed by atoms with E-state index in [0.717, 1.165) is 0 Å². The lowest BCUT2D eigenvalue weighted by atomic mass is 10.1. The number of aliphatic carboxylic acids is 1. The van der Waals surface area contributed by atoms with Crippen LogP contribution in [0.2, 0.25) is 0 Å². The first-order chi connectivity index (χ1) is 13.9. The van der Waals surface area contributed by atoms with E-state index < -0.39 is 23.9 Å². The van der Waals surface area contributed by atoms with E-state index in [0.29, 0.717) is 33.7 Å². The van der Waals surface area contributed by atoms with Crippen LogP contribution in [0.15, 0.2) is 42.6 Å². The summed E-state index contributed by atoms with van der Waals surface area (Å²) in [6.45, 7) is 0. The Bertz CT molecular complexity index is 1050. The molecule has 0 aliphatic rings. The highest BCUT2D eigenvalue weighted by Crippen LogP contribution is 2.29. The number of H-pyrrole nitrogens is 1. The summed E-state index contributed by atoms with van der Waals surface area (Å²) in [5.41, 5.74) is 1.62. The summed E-state index contributed by atoms with van der Waals surface area (Å²) >= 11 is 0. The number of methoxy groups -OCH3 is 2. The number of aromatic amines is 1. The second kappa shape index (κ2) is 8.51. The van der Waals surface area contributed by atoms with Crippen molar-refractivity contribution in [3.63, 3.8) is 0 Å². The lowest BCUT2D eigenvalue weighted by Gasteiger charge is -2.16. The van der Waals surface area contributed by atoms with E-state index in [2.05, 4.69) is 15.6 Å². The van der Waals surface area contributed by atoms with E-state index in [1.54, 1.807) is 30.5 Å². The van der Waals surface area contributed by atoms with Crippen LogP contribution < -0.4 is 20.1 Å². The molecule has 2 amide bonds. The van der Waals surface area contributed by atoms with Crippen LogP contribution in [0, 0.1) is 5.82 Å². The molecule has 2 aromatic carbocycles. The average Bonchev–Trinajstić information content (AvgIpc) is 3.08. The number of halogens is 1. The van der Waals surface area contributed by atoms with E-state index >= 15 is 0 Å². The minimum absolute atomic E-state index is 0.0281. The van der Waals surface area contributed by atoms with Crippen LogP contribution in [0.4, 0.5) is 14.9 Å². The summed E-state index contributed by atoms with van der Waals surface area (Å²) < 4.78 is 23.6. The molecule has 0 radical (unpaired) electrons. The minimum atomic E-state index is -1.19. The van der Waals surface area contributed by atoms with Gasteiger partial charge in [-0.05, 0) is 35.9 Å². The van der Waals surface area contributed by atoms with Gasteiger partial charge in [0.25, 0.3) is 0 Å². The molecule has 0 aliphatic carbocycles. The van der Waals surface area contributed by atoms with Crippen LogP contribution in [-0.4, -0.2) is 42.4 Å². The highest BCUT2D eigenvalue weighted by Gasteiger charge is 2.22. The van der Waals surface area contributed by atoms with Gasteiger partial charge >= 0.3 is 12.0 Å². The number of carboxylic acid groups (broad SMARTS) is 1. The summed E-state index contributed by atoms with van der Waals surface area (Å²) in [7, 11) is 2.96. The first-order valence-electron chi connectivity index (χ1n) is 8.69.